The van der Waals surface area contributed by atoms with Gasteiger partial charge in [0.25, 0.3) is 0 Å². The monoisotopic (exact) mass is 1100 g/mol. The molecule has 10 aromatic heterocycles. The summed E-state index contributed by atoms with van der Waals surface area (Å²) in [6.45, 7) is 4.65. The van der Waals surface area contributed by atoms with Crippen molar-refractivity contribution in [3.8, 4) is 0 Å². The molecule has 2 aliphatic carbocycles. The molecule has 21 nitrogen and oxygen atoms in total. The summed E-state index contributed by atoms with van der Waals surface area (Å²) in [5.41, 5.74) is 11.1. The number of nitrogens with zero attached hydrogens (tertiary/aromatic N) is 14. The van der Waals surface area contributed by atoms with Crippen molar-refractivity contribution in [1.29, 1.82) is 0 Å². The minimum atomic E-state index is -0.819. The van der Waals surface area contributed by atoms with E-state index in [9.17, 15) is 18.4 Å². The first kappa shape index (κ1) is 55.6. The molecule has 4 N–H and O–H groups in total. The van der Waals surface area contributed by atoms with E-state index in [1.165, 1.54) is 48.9 Å². The van der Waals surface area contributed by atoms with Crippen molar-refractivity contribution in [3.63, 3.8) is 0 Å². The van der Waals surface area contributed by atoms with E-state index in [-0.39, 0.29) is 46.8 Å². The molecule has 0 aliphatic heterocycles. The van der Waals surface area contributed by atoms with Crippen LogP contribution in [0.15, 0.2) is 86.5 Å². The van der Waals surface area contributed by atoms with Crippen LogP contribution < -0.4 is 29.5 Å². The van der Waals surface area contributed by atoms with Crippen molar-refractivity contribution in [2.75, 3.05) is 6.61 Å². The molecule has 0 spiro atoms. The van der Waals surface area contributed by atoms with Crippen LogP contribution in [0.1, 0.15) is 114 Å². The zero-order valence-electron chi connectivity index (χ0n) is 42.7. The average Bonchev–Trinajstić information content (AvgIpc) is 4.06. The van der Waals surface area contributed by atoms with Gasteiger partial charge in [0.2, 0.25) is 0 Å². The van der Waals surface area contributed by atoms with Crippen LogP contribution in [0.5, 0.6) is 0 Å². The molecule has 400 valence electrons. The van der Waals surface area contributed by atoms with Crippen LogP contribution in [-0.2, 0) is 66.4 Å². The van der Waals surface area contributed by atoms with E-state index in [1.807, 2.05) is 36.1 Å². The van der Waals surface area contributed by atoms with E-state index in [1.54, 1.807) is 43.2 Å². The van der Waals surface area contributed by atoms with E-state index in [0.29, 0.717) is 99.4 Å². The summed E-state index contributed by atoms with van der Waals surface area (Å²) in [6.07, 6.45) is 24.5. The third kappa shape index (κ3) is 12.7. The number of carbonyl (C=O) groups is 2. The van der Waals surface area contributed by atoms with Crippen LogP contribution in [-0.4, -0.2) is 96.7 Å². The van der Waals surface area contributed by atoms with Gasteiger partial charge in [-0.3, -0.25) is 9.59 Å². The summed E-state index contributed by atoms with van der Waals surface area (Å²) in [5.74, 6) is -0.857. The summed E-state index contributed by atoms with van der Waals surface area (Å²) in [4.78, 5) is 41.3. The summed E-state index contributed by atoms with van der Waals surface area (Å²) in [7, 11) is 0. The number of hydrogen-bond acceptors (Lipinski definition) is 14. The number of imidazole rings is 4. The number of hydrogen-bond donors (Lipinski definition) is 3. The fourth-order valence-electron chi connectivity index (χ4n) is 9.37. The first-order valence-corrected chi connectivity index (χ1v) is 25.8. The van der Waals surface area contributed by atoms with Crippen molar-refractivity contribution in [3.05, 3.63) is 165 Å². The number of carbonyl (C=O) groups excluding carboxylic acids is 1. The zero-order chi connectivity index (χ0) is 52.5. The molecular formula is C52H53Cl2F2LiN16O5. The molecule has 0 saturated heterocycles. The Labute approximate surface area is 466 Å². The Morgan fingerprint density at radius 2 is 1.13 bits per heavy atom. The first-order chi connectivity index (χ1) is 36.9. The molecule has 0 radical (unpaired) electrons. The fourth-order valence-corrected chi connectivity index (χ4v) is 9.66. The summed E-state index contributed by atoms with van der Waals surface area (Å²) in [5, 5.41) is 32.7. The number of aromatic nitrogens is 14. The van der Waals surface area contributed by atoms with E-state index < -0.39 is 17.6 Å². The molecule has 10 heterocycles. The van der Waals surface area contributed by atoms with Crippen LogP contribution in [0.4, 0.5) is 8.78 Å². The van der Waals surface area contributed by atoms with E-state index in [4.69, 9.17) is 43.0 Å². The number of ether oxygens (including phenoxy) is 1. The Balaban J connectivity index is 0.000000185. The number of fused-ring (bicyclic) bond motifs is 4. The molecule has 12 rings (SSSR count). The van der Waals surface area contributed by atoms with Gasteiger partial charge in [-0.1, -0.05) is 45.8 Å². The molecule has 0 atom stereocenters. The number of nitrogens with one attached hydrogen (secondary N) is 2. The number of aliphatic carboxylic acids is 1. The van der Waals surface area contributed by atoms with Gasteiger partial charge in [0.15, 0.2) is 11.6 Å². The molecule has 2 saturated carbocycles. The van der Waals surface area contributed by atoms with Gasteiger partial charge in [0.05, 0.1) is 89.0 Å². The molecule has 0 unspecified atom stereocenters. The standard InChI is InChI=1S/C27H28ClFN8O2.C25H24ClFN8O2.Li.H2O/c1-2-39-24(38)6-5-18-9-19(17-3-4-17)12-36-13-21(32-27(18)36)15-37-14-20(33-34-37)10-30-11-23-26-25(29)22(28)7-8-35(26)16-31-23;26-20-5-6-33-14-29-21(24(33)23(20)27)9-28-8-18-12-35(32-31-18)13-19-11-34-10-17(15-1-2-15)7-16(25(34)30-19)3-4-22(36)37;;/h7-9,12-14,16-17,30H,2-6,10-11,15H2,1H3;5-7,10-12,14-15,28H,1-4,8-9,13H2,(H,36,37);;1H2/q;;+1;/p-1. The third-order valence-electron chi connectivity index (χ3n) is 13.4. The van der Waals surface area contributed by atoms with E-state index in [2.05, 4.69) is 70.2 Å². The van der Waals surface area contributed by atoms with Crippen molar-refractivity contribution >= 4 is 57.5 Å². The molecule has 0 amide bonds. The van der Waals surface area contributed by atoms with Crippen LogP contribution in [0.3, 0.4) is 0 Å². The largest absolute Gasteiger partial charge is 1.00 e. The molecule has 2 aliphatic rings. The number of halogens is 4. The molecule has 2 fully saturated rings. The number of carboxylic acids is 1. The zero-order valence-corrected chi connectivity index (χ0v) is 44.2. The van der Waals surface area contributed by atoms with E-state index in [0.717, 1.165) is 45.2 Å². The van der Waals surface area contributed by atoms with Crippen molar-refractivity contribution in [1.82, 2.24) is 78.2 Å². The van der Waals surface area contributed by atoms with Crippen LogP contribution in [0.25, 0.3) is 22.3 Å². The minimum Gasteiger partial charge on any atom is -0.870 e. The quantitative estimate of drug-likeness (QED) is 0.0662. The second kappa shape index (κ2) is 24.3. The number of aryl methyl sites for hydroxylation is 2. The van der Waals surface area contributed by atoms with Gasteiger partial charge in [-0.15, -0.1) is 10.2 Å². The Morgan fingerprint density at radius 1 is 0.667 bits per heavy atom. The maximum atomic E-state index is 14.5. The predicted octanol–water partition coefficient (Wildman–Crippen LogP) is 4.50. The summed E-state index contributed by atoms with van der Waals surface area (Å²) in [6, 6.07) is 7.29. The molecule has 10 aromatic rings. The average molecular weight is 1100 g/mol. The molecule has 0 aromatic carbocycles. The van der Waals surface area contributed by atoms with Crippen molar-refractivity contribution in [2.24, 2.45) is 0 Å². The summed E-state index contributed by atoms with van der Waals surface area (Å²) >= 11 is 11.8. The van der Waals surface area contributed by atoms with E-state index >= 15 is 0 Å². The Bertz CT molecular complexity index is 3770. The SMILES string of the molecule is CCOC(=O)CCc1cc(C2CC2)cn2cc(Cn3cc(CNCc4ncn5ccc(Cl)c(F)c45)nn3)nc12.O=C(O)CCc1cc(C2CC2)cn2cc(Cn3cc(CNCc4ncn5ccc(Cl)c(F)c45)nn3)nc12.[Li+].[OH-]. The maximum absolute atomic E-state index is 14.5. The third-order valence-corrected chi connectivity index (χ3v) is 13.9. The van der Waals surface area contributed by atoms with Gasteiger partial charge < -0.3 is 43.6 Å². The first-order valence-electron chi connectivity index (χ1n) is 25.1. The molecule has 78 heavy (non-hydrogen) atoms. The second-order valence-corrected chi connectivity index (χ2v) is 20.0. The number of pyridine rings is 4. The van der Waals surface area contributed by atoms with Gasteiger partial charge in [-0.2, -0.15) is 0 Å². The topological polar surface area (TPSA) is 248 Å². The van der Waals surface area contributed by atoms with Crippen LogP contribution in [0.2, 0.25) is 10.0 Å². The van der Waals surface area contributed by atoms with Crippen LogP contribution in [0, 0.1) is 11.6 Å². The van der Waals surface area contributed by atoms with Crippen LogP contribution >= 0.6 is 23.2 Å². The second-order valence-electron chi connectivity index (χ2n) is 19.1. The normalized spacial score (nSPS) is 13.2. The Hall–Kier alpha value is -7.10. The van der Waals surface area contributed by atoms with Gasteiger partial charge >= 0.3 is 30.8 Å². The molecule has 0 bridgehead atoms. The number of esters is 1. The summed E-state index contributed by atoms with van der Waals surface area (Å²) < 4.78 is 44.7. The van der Waals surface area contributed by atoms with Gasteiger partial charge in [0, 0.05) is 76.2 Å². The van der Waals surface area contributed by atoms with Gasteiger partial charge in [0.1, 0.15) is 22.3 Å². The maximum Gasteiger partial charge on any atom is 1.00 e. The fraction of sp³-hybridized carbons (Fsp3) is 0.346. The number of carboxylic acid groups (broad SMARTS) is 1. The van der Waals surface area contributed by atoms with Gasteiger partial charge in [-0.05, 0) is 91.7 Å². The smallest absolute Gasteiger partial charge is 0.870 e. The van der Waals surface area contributed by atoms with Crippen molar-refractivity contribution < 1.29 is 52.6 Å². The predicted molar refractivity (Wildman–Crippen MR) is 277 cm³/mol. The van der Waals surface area contributed by atoms with Gasteiger partial charge in [-0.25, -0.2) is 38.1 Å². The molecule has 26 heteroatoms. The Morgan fingerprint density at radius 3 is 1.56 bits per heavy atom. The minimum absolute atomic E-state index is 0. The molecular weight excluding hydrogens is 1040 g/mol. The van der Waals surface area contributed by atoms with Crippen molar-refractivity contribution in [2.45, 2.75) is 109 Å². The Kier molecular flexibility index (Phi) is 17.3. The number of rotatable bonds is 21.